The van der Waals surface area contributed by atoms with Crippen LogP contribution in [0.5, 0.6) is 0 Å². The fourth-order valence-electron chi connectivity index (χ4n) is 4.33. The fraction of sp³-hybridized carbons (Fsp3) is 0.387. The van der Waals surface area contributed by atoms with Crippen LogP contribution in [0, 0.1) is 23.7 Å². The van der Waals surface area contributed by atoms with Gasteiger partial charge in [-0.05, 0) is 54.2 Å². The van der Waals surface area contributed by atoms with Gasteiger partial charge in [-0.2, -0.15) is 0 Å². The number of hydrogen-bond donors (Lipinski definition) is 0. The van der Waals surface area contributed by atoms with Gasteiger partial charge in [0.2, 0.25) is 0 Å². The lowest BCUT2D eigenvalue weighted by Crippen LogP contribution is -2.37. The first-order chi connectivity index (χ1) is 16.0. The minimum absolute atomic E-state index is 0.150. The summed E-state index contributed by atoms with van der Waals surface area (Å²) in [7, 11) is 0. The van der Waals surface area contributed by atoms with Crippen LogP contribution >= 0.6 is 0 Å². The van der Waals surface area contributed by atoms with Gasteiger partial charge >= 0.3 is 5.97 Å². The van der Waals surface area contributed by atoms with E-state index in [0.717, 1.165) is 42.4 Å². The van der Waals surface area contributed by atoms with Gasteiger partial charge < -0.3 is 4.74 Å². The Morgan fingerprint density at radius 3 is 2.12 bits per heavy atom. The number of benzene rings is 2. The number of hydrogen-bond acceptors (Lipinski definition) is 2. The van der Waals surface area contributed by atoms with Crippen molar-refractivity contribution in [2.24, 2.45) is 11.8 Å². The van der Waals surface area contributed by atoms with Crippen LogP contribution < -0.4 is 0 Å². The van der Waals surface area contributed by atoms with Gasteiger partial charge in [0.05, 0.1) is 12.5 Å². The van der Waals surface area contributed by atoms with E-state index in [2.05, 4.69) is 82.0 Å². The summed E-state index contributed by atoms with van der Waals surface area (Å²) >= 11 is 0. The maximum atomic E-state index is 13.0. The number of esters is 1. The smallest absolute Gasteiger partial charge is 0.314 e. The standard InChI is InChI=1S/C31H36O2/c1-5-24(6-2)21-23-33-30(32)29-10-8-9-22-31(29,4)28-19-17-27(18-20-28)16-15-26-13-11-25(7-3)12-14-26/h8-14,17-20,22,24,29H,5-7,21,23H2,1-4H3. The lowest BCUT2D eigenvalue weighted by atomic mass is 9.69. The predicted octanol–water partition coefficient (Wildman–Crippen LogP) is 7.02. The lowest BCUT2D eigenvalue weighted by Gasteiger charge is -2.34. The van der Waals surface area contributed by atoms with E-state index in [9.17, 15) is 4.79 Å². The summed E-state index contributed by atoms with van der Waals surface area (Å²) in [5, 5.41) is 0. The van der Waals surface area contributed by atoms with Crippen molar-refractivity contribution in [1.82, 2.24) is 0 Å². The number of carbonyl (C=O) groups is 1. The minimum Gasteiger partial charge on any atom is -0.465 e. The molecule has 2 aromatic rings. The molecule has 0 fully saturated rings. The van der Waals surface area contributed by atoms with Crippen molar-refractivity contribution in [3.8, 4) is 11.8 Å². The second-order valence-electron chi connectivity index (χ2n) is 9.02. The molecule has 172 valence electrons. The van der Waals surface area contributed by atoms with Crippen LogP contribution in [-0.4, -0.2) is 12.6 Å². The Kier molecular flexibility index (Phi) is 8.72. The minimum atomic E-state index is -0.442. The summed E-state index contributed by atoms with van der Waals surface area (Å²) in [4.78, 5) is 13.0. The Bertz CT molecular complexity index is 1030. The van der Waals surface area contributed by atoms with Crippen LogP contribution in [0.3, 0.4) is 0 Å². The zero-order valence-electron chi connectivity index (χ0n) is 20.4. The number of allylic oxidation sites excluding steroid dienone is 3. The first-order valence-corrected chi connectivity index (χ1v) is 12.2. The molecule has 0 radical (unpaired) electrons. The van der Waals surface area contributed by atoms with Crippen molar-refractivity contribution in [1.29, 1.82) is 0 Å². The molecule has 0 bridgehead atoms. The van der Waals surface area contributed by atoms with Crippen molar-refractivity contribution in [3.05, 3.63) is 95.1 Å². The van der Waals surface area contributed by atoms with Gasteiger partial charge in [-0.25, -0.2) is 0 Å². The third-order valence-corrected chi connectivity index (χ3v) is 6.90. The molecule has 0 heterocycles. The number of ether oxygens (including phenoxy) is 1. The van der Waals surface area contributed by atoms with Crippen molar-refractivity contribution in [2.75, 3.05) is 6.61 Å². The van der Waals surface area contributed by atoms with E-state index in [-0.39, 0.29) is 11.9 Å². The molecule has 0 aromatic heterocycles. The third-order valence-electron chi connectivity index (χ3n) is 6.90. The van der Waals surface area contributed by atoms with Gasteiger partial charge in [0, 0.05) is 16.5 Å². The molecule has 0 saturated carbocycles. The first kappa shape index (κ1) is 24.6. The van der Waals surface area contributed by atoms with Crippen LogP contribution in [0.15, 0.2) is 72.8 Å². The third kappa shape index (κ3) is 6.26. The Balaban J connectivity index is 1.71. The summed E-state index contributed by atoms with van der Waals surface area (Å²) < 4.78 is 5.71. The average molecular weight is 441 g/mol. The molecule has 0 N–H and O–H groups in total. The van der Waals surface area contributed by atoms with Gasteiger partial charge in [0.15, 0.2) is 0 Å². The van der Waals surface area contributed by atoms with Crippen molar-refractivity contribution >= 4 is 5.97 Å². The molecule has 2 unspecified atom stereocenters. The van der Waals surface area contributed by atoms with Gasteiger partial charge in [-0.1, -0.05) is 101 Å². The van der Waals surface area contributed by atoms with Crippen LogP contribution in [0.25, 0.3) is 0 Å². The monoisotopic (exact) mass is 440 g/mol. The van der Waals surface area contributed by atoms with E-state index in [0.29, 0.717) is 12.5 Å². The number of carbonyl (C=O) groups excluding carboxylic acids is 1. The molecule has 33 heavy (non-hydrogen) atoms. The van der Waals surface area contributed by atoms with Gasteiger partial charge in [-0.15, -0.1) is 0 Å². The van der Waals surface area contributed by atoms with E-state index in [4.69, 9.17) is 4.74 Å². The quantitative estimate of drug-likeness (QED) is 0.326. The number of rotatable bonds is 8. The summed E-state index contributed by atoms with van der Waals surface area (Å²) in [5.74, 6) is 6.62. The molecule has 0 saturated heterocycles. The summed E-state index contributed by atoms with van der Waals surface area (Å²) in [6.07, 6.45) is 12.2. The highest BCUT2D eigenvalue weighted by Crippen LogP contribution is 2.38. The Morgan fingerprint density at radius 1 is 0.939 bits per heavy atom. The molecular formula is C31H36O2. The Morgan fingerprint density at radius 2 is 1.55 bits per heavy atom. The van der Waals surface area contributed by atoms with E-state index >= 15 is 0 Å². The maximum absolute atomic E-state index is 13.0. The fourth-order valence-corrected chi connectivity index (χ4v) is 4.33. The highest BCUT2D eigenvalue weighted by molar-refractivity contribution is 5.78. The molecular weight excluding hydrogens is 404 g/mol. The summed E-state index contributed by atoms with van der Waals surface area (Å²) in [6.45, 7) is 9.13. The summed E-state index contributed by atoms with van der Waals surface area (Å²) in [5.41, 5.74) is 3.93. The molecule has 0 amide bonds. The SMILES string of the molecule is CCc1ccc(C#Cc2ccc(C3(C)C=CC=CC3C(=O)OCCC(CC)CC)cc2)cc1. The highest BCUT2D eigenvalue weighted by atomic mass is 16.5. The van der Waals surface area contributed by atoms with E-state index < -0.39 is 5.41 Å². The van der Waals surface area contributed by atoms with Gasteiger partial charge in [0.1, 0.15) is 0 Å². The molecule has 1 aliphatic carbocycles. The van der Waals surface area contributed by atoms with Crippen LogP contribution in [0.1, 0.15) is 69.2 Å². The lowest BCUT2D eigenvalue weighted by molar-refractivity contribution is -0.148. The highest BCUT2D eigenvalue weighted by Gasteiger charge is 2.39. The zero-order valence-corrected chi connectivity index (χ0v) is 20.4. The largest absolute Gasteiger partial charge is 0.465 e. The molecule has 2 atom stereocenters. The van der Waals surface area contributed by atoms with Crippen molar-refractivity contribution < 1.29 is 9.53 Å². The van der Waals surface area contributed by atoms with E-state index in [1.165, 1.54) is 5.56 Å². The van der Waals surface area contributed by atoms with Gasteiger partial charge in [-0.3, -0.25) is 4.79 Å². The van der Waals surface area contributed by atoms with E-state index in [1.54, 1.807) is 0 Å². The topological polar surface area (TPSA) is 26.3 Å². The van der Waals surface area contributed by atoms with Crippen LogP contribution in [-0.2, 0) is 21.4 Å². The summed E-state index contributed by atoms with van der Waals surface area (Å²) in [6, 6.07) is 16.6. The predicted molar refractivity (Wildman–Crippen MR) is 137 cm³/mol. The zero-order chi connectivity index (χ0) is 23.7. The molecule has 1 aliphatic rings. The molecule has 0 spiro atoms. The van der Waals surface area contributed by atoms with Crippen molar-refractivity contribution in [2.45, 2.75) is 58.8 Å². The van der Waals surface area contributed by atoms with E-state index in [1.807, 2.05) is 30.4 Å². The van der Waals surface area contributed by atoms with Gasteiger partial charge in [0.25, 0.3) is 0 Å². The first-order valence-electron chi connectivity index (χ1n) is 12.2. The second-order valence-corrected chi connectivity index (χ2v) is 9.02. The van der Waals surface area contributed by atoms with Crippen LogP contribution in [0.2, 0.25) is 0 Å². The molecule has 0 aliphatic heterocycles. The average Bonchev–Trinajstić information content (AvgIpc) is 2.86. The Labute approximate surface area is 199 Å². The molecule has 2 nitrogen and oxygen atoms in total. The second kappa shape index (κ2) is 11.7. The normalized spacial score (nSPS) is 19.2. The molecule has 2 heteroatoms. The molecule has 2 aromatic carbocycles. The van der Waals surface area contributed by atoms with Crippen molar-refractivity contribution in [3.63, 3.8) is 0 Å². The van der Waals surface area contributed by atoms with Crippen LogP contribution in [0.4, 0.5) is 0 Å². The maximum Gasteiger partial charge on any atom is 0.314 e. The molecule has 3 rings (SSSR count). The number of aryl methyl sites for hydroxylation is 1. The Hall–Kier alpha value is -3.05.